The van der Waals surface area contributed by atoms with Crippen LogP contribution in [0.2, 0.25) is 0 Å². The number of para-hydroxylation sites is 2. The van der Waals surface area contributed by atoms with Gasteiger partial charge in [0, 0.05) is 22.8 Å². The summed E-state index contributed by atoms with van der Waals surface area (Å²) in [5.41, 5.74) is 9.63. The van der Waals surface area contributed by atoms with Crippen LogP contribution in [-0.4, -0.2) is 31.7 Å². The Morgan fingerprint density at radius 3 is 2.71 bits per heavy atom. The van der Waals surface area contributed by atoms with Crippen molar-refractivity contribution in [1.82, 2.24) is 24.9 Å². The number of nitrogens with zero attached hydrogens (tertiary/aromatic N) is 5. The molecule has 8 nitrogen and oxygen atoms in total. The SMILES string of the molecule is Nc1c(C(=O)NCc2cccs2)c2nc3ccccc3nc2n1/N=C\c1cccnc1. The summed E-state index contributed by atoms with van der Waals surface area (Å²) in [6.45, 7) is 0.405. The summed E-state index contributed by atoms with van der Waals surface area (Å²) in [5, 5.41) is 9.35. The van der Waals surface area contributed by atoms with E-state index in [1.807, 2.05) is 53.9 Å². The Hall–Kier alpha value is -4.11. The molecule has 1 aromatic carbocycles. The van der Waals surface area contributed by atoms with Gasteiger partial charge in [-0.3, -0.25) is 9.78 Å². The zero-order valence-electron chi connectivity index (χ0n) is 16.3. The first kappa shape index (κ1) is 18.9. The zero-order chi connectivity index (χ0) is 21.2. The second-order valence-corrected chi connectivity index (χ2v) is 7.78. The van der Waals surface area contributed by atoms with Gasteiger partial charge in [0.15, 0.2) is 5.65 Å². The van der Waals surface area contributed by atoms with E-state index in [1.165, 1.54) is 4.68 Å². The molecule has 0 bridgehead atoms. The summed E-state index contributed by atoms with van der Waals surface area (Å²) >= 11 is 1.57. The molecule has 0 atom stereocenters. The first-order chi connectivity index (χ1) is 15.2. The number of hydrogen-bond acceptors (Lipinski definition) is 7. The summed E-state index contributed by atoms with van der Waals surface area (Å²) in [6.07, 6.45) is 4.98. The Morgan fingerprint density at radius 1 is 1.13 bits per heavy atom. The van der Waals surface area contributed by atoms with E-state index in [0.29, 0.717) is 28.7 Å². The van der Waals surface area contributed by atoms with E-state index in [2.05, 4.69) is 25.4 Å². The van der Waals surface area contributed by atoms with Gasteiger partial charge in [0.2, 0.25) is 0 Å². The summed E-state index contributed by atoms with van der Waals surface area (Å²) in [4.78, 5) is 27.5. The lowest BCUT2D eigenvalue weighted by Crippen LogP contribution is -2.23. The Bertz CT molecular complexity index is 1410. The van der Waals surface area contributed by atoms with E-state index < -0.39 is 0 Å². The lowest BCUT2D eigenvalue weighted by Gasteiger charge is -2.04. The Kier molecular flexibility index (Phi) is 4.85. The number of fused-ring (bicyclic) bond motifs is 2. The number of aromatic nitrogens is 4. The predicted octanol–water partition coefficient (Wildman–Crippen LogP) is 3.44. The minimum Gasteiger partial charge on any atom is -0.383 e. The van der Waals surface area contributed by atoms with Crippen molar-refractivity contribution in [3.05, 3.63) is 82.3 Å². The Labute approximate surface area is 181 Å². The molecule has 0 unspecified atom stereocenters. The smallest absolute Gasteiger partial charge is 0.257 e. The number of rotatable bonds is 5. The van der Waals surface area contributed by atoms with Gasteiger partial charge < -0.3 is 11.1 Å². The number of benzene rings is 1. The molecule has 5 rings (SSSR count). The van der Waals surface area contributed by atoms with Crippen molar-refractivity contribution in [3.8, 4) is 0 Å². The van der Waals surface area contributed by atoms with E-state index in [0.717, 1.165) is 10.4 Å². The molecule has 0 aliphatic heterocycles. The number of anilines is 1. The molecule has 4 heterocycles. The molecule has 0 saturated heterocycles. The largest absolute Gasteiger partial charge is 0.383 e. The number of nitrogens with one attached hydrogen (secondary N) is 1. The van der Waals surface area contributed by atoms with Gasteiger partial charge in [0.1, 0.15) is 16.9 Å². The van der Waals surface area contributed by atoms with Crippen LogP contribution in [0.3, 0.4) is 0 Å². The molecule has 0 saturated carbocycles. The van der Waals surface area contributed by atoms with Gasteiger partial charge in [-0.05, 0) is 29.6 Å². The molecule has 0 aliphatic rings. The van der Waals surface area contributed by atoms with Crippen molar-refractivity contribution in [1.29, 1.82) is 0 Å². The van der Waals surface area contributed by atoms with Gasteiger partial charge in [-0.15, -0.1) is 11.3 Å². The molecular weight excluding hydrogens is 410 g/mol. The third-order valence-electron chi connectivity index (χ3n) is 4.71. The van der Waals surface area contributed by atoms with Gasteiger partial charge >= 0.3 is 0 Å². The number of pyridine rings is 1. The van der Waals surface area contributed by atoms with Crippen molar-refractivity contribution < 1.29 is 4.79 Å². The van der Waals surface area contributed by atoms with Crippen LogP contribution in [0, 0.1) is 0 Å². The molecule has 9 heteroatoms. The van der Waals surface area contributed by atoms with Crippen LogP contribution in [0.15, 0.2) is 71.4 Å². The normalized spacial score (nSPS) is 11.5. The monoisotopic (exact) mass is 427 g/mol. The minimum absolute atomic E-state index is 0.175. The fourth-order valence-corrected chi connectivity index (χ4v) is 3.88. The third kappa shape index (κ3) is 3.62. The molecule has 5 aromatic rings. The summed E-state index contributed by atoms with van der Waals surface area (Å²) < 4.78 is 1.45. The molecule has 0 spiro atoms. The van der Waals surface area contributed by atoms with Crippen LogP contribution in [0.1, 0.15) is 20.8 Å². The van der Waals surface area contributed by atoms with E-state index in [9.17, 15) is 4.79 Å². The fourth-order valence-electron chi connectivity index (χ4n) is 3.23. The first-order valence-corrected chi connectivity index (χ1v) is 10.4. The second-order valence-electron chi connectivity index (χ2n) is 6.75. The maximum absolute atomic E-state index is 13.1. The molecule has 0 aliphatic carbocycles. The highest BCUT2D eigenvalue weighted by Crippen LogP contribution is 2.28. The maximum atomic E-state index is 13.1. The molecule has 0 fully saturated rings. The number of carbonyl (C=O) groups is 1. The van der Waals surface area contributed by atoms with Crippen molar-refractivity contribution in [2.45, 2.75) is 6.54 Å². The predicted molar refractivity (Wildman–Crippen MR) is 122 cm³/mol. The number of thiophene rings is 1. The second kappa shape index (κ2) is 7.96. The Morgan fingerprint density at radius 2 is 1.97 bits per heavy atom. The van der Waals surface area contributed by atoms with E-state index in [-0.39, 0.29) is 17.3 Å². The molecule has 152 valence electrons. The quantitative estimate of drug-likeness (QED) is 0.418. The van der Waals surface area contributed by atoms with Gasteiger partial charge in [0.25, 0.3) is 5.91 Å². The van der Waals surface area contributed by atoms with Crippen molar-refractivity contribution in [3.63, 3.8) is 0 Å². The molecule has 4 aromatic heterocycles. The number of carbonyl (C=O) groups excluding carboxylic acids is 1. The lowest BCUT2D eigenvalue weighted by molar-refractivity contribution is 0.0953. The molecule has 3 N–H and O–H groups in total. The number of nitrogens with two attached hydrogens (primary N) is 1. The Balaban J connectivity index is 1.63. The fraction of sp³-hybridized carbons (Fsp3) is 0.0455. The van der Waals surface area contributed by atoms with Crippen LogP contribution in [0.5, 0.6) is 0 Å². The van der Waals surface area contributed by atoms with Gasteiger partial charge in [-0.2, -0.15) is 9.78 Å². The van der Waals surface area contributed by atoms with Crippen molar-refractivity contribution in [2.75, 3.05) is 5.73 Å². The number of nitrogen functional groups attached to an aromatic ring is 1. The number of amides is 1. The maximum Gasteiger partial charge on any atom is 0.257 e. The molecule has 31 heavy (non-hydrogen) atoms. The first-order valence-electron chi connectivity index (χ1n) is 9.52. The number of hydrogen-bond donors (Lipinski definition) is 2. The van der Waals surface area contributed by atoms with E-state index in [1.54, 1.807) is 29.9 Å². The minimum atomic E-state index is -0.323. The van der Waals surface area contributed by atoms with Crippen LogP contribution in [-0.2, 0) is 6.54 Å². The van der Waals surface area contributed by atoms with Crippen LogP contribution < -0.4 is 11.1 Å². The van der Waals surface area contributed by atoms with Crippen molar-refractivity contribution in [2.24, 2.45) is 5.10 Å². The van der Waals surface area contributed by atoms with Crippen molar-refractivity contribution >= 4 is 51.5 Å². The van der Waals surface area contributed by atoms with Gasteiger partial charge in [-0.1, -0.05) is 24.3 Å². The molecule has 0 radical (unpaired) electrons. The topological polar surface area (TPSA) is 111 Å². The van der Waals surface area contributed by atoms with Gasteiger partial charge in [-0.25, -0.2) is 9.97 Å². The summed E-state index contributed by atoms with van der Waals surface area (Å²) in [7, 11) is 0. The lowest BCUT2D eigenvalue weighted by atomic mass is 10.2. The summed E-state index contributed by atoms with van der Waals surface area (Å²) in [5.74, 6) is -0.148. The highest BCUT2D eigenvalue weighted by Gasteiger charge is 2.24. The highest BCUT2D eigenvalue weighted by molar-refractivity contribution is 7.09. The molecule has 1 amide bonds. The third-order valence-corrected chi connectivity index (χ3v) is 5.59. The molecular formula is C22H17N7OS. The van der Waals surface area contributed by atoms with Crippen LogP contribution in [0.25, 0.3) is 22.2 Å². The van der Waals surface area contributed by atoms with Gasteiger partial charge in [0.05, 0.1) is 23.8 Å². The standard InChI is InChI=1S/C22H17N7OS/c23-20-18(22(30)25-13-15-6-4-10-31-15)19-21(28-17-8-2-1-7-16(17)27-19)29(20)26-12-14-5-3-9-24-11-14/h1-12H,13,23H2,(H,25,30)/b26-12-. The summed E-state index contributed by atoms with van der Waals surface area (Å²) in [6, 6.07) is 15.1. The highest BCUT2D eigenvalue weighted by atomic mass is 32.1. The van der Waals surface area contributed by atoms with E-state index in [4.69, 9.17) is 5.73 Å². The average Bonchev–Trinajstić information content (AvgIpc) is 3.41. The van der Waals surface area contributed by atoms with Crippen LogP contribution in [0.4, 0.5) is 5.82 Å². The average molecular weight is 427 g/mol. The zero-order valence-corrected chi connectivity index (χ0v) is 17.1. The van der Waals surface area contributed by atoms with Crippen LogP contribution >= 0.6 is 11.3 Å². The van der Waals surface area contributed by atoms with E-state index >= 15 is 0 Å².